The zero-order valence-electron chi connectivity index (χ0n) is 16.9. The average molecular weight is 398 g/mol. The van der Waals surface area contributed by atoms with E-state index in [-0.39, 0.29) is 11.7 Å². The molecule has 5 nitrogen and oxygen atoms in total. The molecule has 0 unspecified atom stereocenters. The number of rotatable bonds is 5. The number of phenols is 1. The normalized spacial score (nSPS) is 14.9. The molecule has 3 aromatic carbocycles. The highest BCUT2D eigenvalue weighted by atomic mass is 16.5. The number of ether oxygens (including phenoxy) is 1. The lowest BCUT2D eigenvalue weighted by atomic mass is 10.1. The maximum atomic E-state index is 13.3. The first-order valence-corrected chi connectivity index (χ1v) is 9.79. The number of carbonyl (C=O) groups is 1. The highest BCUT2D eigenvalue weighted by Gasteiger charge is 2.32. The summed E-state index contributed by atoms with van der Waals surface area (Å²) in [7, 11) is 0. The SMILES string of the molecule is CCOc1ccc(/C=C2/N=C(c3cccc(C)c3)N(c3ccc(O)cc3)C2=O)cc1. The number of phenolic OH excluding ortho intramolecular Hbond substituents is 1. The first-order chi connectivity index (χ1) is 14.5. The molecular weight excluding hydrogens is 376 g/mol. The van der Waals surface area contributed by atoms with Crippen LogP contribution in [-0.4, -0.2) is 23.5 Å². The Morgan fingerprint density at radius 1 is 1.03 bits per heavy atom. The number of aryl methyl sites for hydroxylation is 1. The van der Waals surface area contributed by atoms with Gasteiger partial charge in [-0.15, -0.1) is 0 Å². The van der Waals surface area contributed by atoms with Gasteiger partial charge in [0.05, 0.1) is 12.3 Å². The van der Waals surface area contributed by atoms with E-state index in [9.17, 15) is 9.90 Å². The van der Waals surface area contributed by atoms with E-state index in [1.807, 2.05) is 62.4 Å². The third-order valence-corrected chi connectivity index (χ3v) is 4.74. The molecule has 1 aliphatic rings. The lowest BCUT2D eigenvalue weighted by molar-refractivity contribution is -0.113. The van der Waals surface area contributed by atoms with E-state index in [4.69, 9.17) is 4.74 Å². The highest BCUT2D eigenvalue weighted by Crippen LogP contribution is 2.29. The zero-order valence-corrected chi connectivity index (χ0v) is 16.9. The second-order valence-electron chi connectivity index (χ2n) is 6.99. The molecule has 0 aromatic heterocycles. The second-order valence-corrected chi connectivity index (χ2v) is 6.99. The number of aromatic hydroxyl groups is 1. The summed E-state index contributed by atoms with van der Waals surface area (Å²) in [4.78, 5) is 19.5. The van der Waals surface area contributed by atoms with E-state index in [1.54, 1.807) is 35.2 Å². The Hall–Kier alpha value is -3.86. The number of hydrogen-bond acceptors (Lipinski definition) is 4. The Balaban J connectivity index is 1.76. The average Bonchev–Trinajstić information content (AvgIpc) is 3.06. The van der Waals surface area contributed by atoms with Crippen LogP contribution in [0.3, 0.4) is 0 Å². The van der Waals surface area contributed by atoms with Crippen LogP contribution in [0.1, 0.15) is 23.6 Å². The topological polar surface area (TPSA) is 62.1 Å². The minimum Gasteiger partial charge on any atom is -0.508 e. The van der Waals surface area contributed by atoms with Gasteiger partial charge in [-0.1, -0.05) is 35.9 Å². The molecule has 1 N–H and O–H groups in total. The first kappa shape index (κ1) is 19.5. The smallest absolute Gasteiger partial charge is 0.282 e. The molecule has 1 aliphatic heterocycles. The fourth-order valence-electron chi connectivity index (χ4n) is 3.32. The van der Waals surface area contributed by atoms with Crippen molar-refractivity contribution in [1.82, 2.24) is 0 Å². The molecule has 0 bridgehead atoms. The van der Waals surface area contributed by atoms with Crippen LogP contribution < -0.4 is 9.64 Å². The third kappa shape index (κ3) is 3.96. The van der Waals surface area contributed by atoms with Crippen LogP contribution in [-0.2, 0) is 4.79 Å². The molecule has 0 saturated heterocycles. The van der Waals surface area contributed by atoms with Crippen LogP contribution in [0.25, 0.3) is 6.08 Å². The van der Waals surface area contributed by atoms with E-state index < -0.39 is 0 Å². The number of hydrogen-bond donors (Lipinski definition) is 1. The molecule has 4 rings (SSSR count). The van der Waals surface area contributed by atoms with Crippen LogP contribution in [0.5, 0.6) is 11.5 Å². The summed E-state index contributed by atoms with van der Waals surface area (Å²) in [6, 6.07) is 22.0. The maximum absolute atomic E-state index is 13.3. The fourth-order valence-corrected chi connectivity index (χ4v) is 3.32. The minimum atomic E-state index is -0.217. The molecule has 3 aromatic rings. The lowest BCUT2D eigenvalue weighted by Crippen LogP contribution is -2.32. The predicted molar refractivity (Wildman–Crippen MR) is 119 cm³/mol. The summed E-state index contributed by atoms with van der Waals surface area (Å²) in [6.45, 7) is 4.54. The van der Waals surface area contributed by atoms with E-state index in [0.717, 1.165) is 22.4 Å². The summed E-state index contributed by atoms with van der Waals surface area (Å²) in [5.41, 5.74) is 3.79. The monoisotopic (exact) mass is 398 g/mol. The van der Waals surface area contributed by atoms with Crippen LogP contribution in [0.2, 0.25) is 0 Å². The molecule has 150 valence electrons. The molecule has 0 aliphatic carbocycles. The van der Waals surface area contributed by atoms with Crippen molar-refractivity contribution in [3.05, 3.63) is 95.2 Å². The van der Waals surface area contributed by atoms with E-state index in [2.05, 4.69) is 4.99 Å². The second kappa shape index (κ2) is 8.25. The molecule has 0 spiro atoms. The largest absolute Gasteiger partial charge is 0.508 e. The Morgan fingerprint density at radius 2 is 1.77 bits per heavy atom. The van der Waals surface area contributed by atoms with E-state index in [0.29, 0.717) is 23.8 Å². The van der Waals surface area contributed by atoms with Crippen molar-refractivity contribution in [3.63, 3.8) is 0 Å². The molecule has 5 heteroatoms. The van der Waals surface area contributed by atoms with Gasteiger partial charge in [0, 0.05) is 5.56 Å². The van der Waals surface area contributed by atoms with E-state index >= 15 is 0 Å². The number of amidine groups is 1. The van der Waals surface area contributed by atoms with Gasteiger partial charge in [-0.05, 0) is 68.0 Å². The highest BCUT2D eigenvalue weighted by molar-refractivity contribution is 6.33. The molecule has 0 saturated carbocycles. The maximum Gasteiger partial charge on any atom is 0.282 e. The Bertz CT molecular complexity index is 1130. The molecule has 1 heterocycles. The molecule has 0 atom stereocenters. The van der Waals surface area contributed by atoms with Gasteiger partial charge in [0.15, 0.2) is 0 Å². The molecule has 0 radical (unpaired) electrons. The number of benzene rings is 3. The van der Waals surface area contributed by atoms with Gasteiger partial charge >= 0.3 is 0 Å². The Kier molecular flexibility index (Phi) is 5.35. The van der Waals surface area contributed by atoms with Crippen molar-refractivity contribution in [3.8, 4) is 11.5 Å². The molecule has 30 heavy (non-hydrogen) atoms. The van der Waals surface area contributed by atoms with Crippen molar-refractivity contribution in [2.45, 2.75) is 13.8 Å². The number of nitrogens with zero attached hydrogens (tertiary/aromatic N) is 2. The van der Waals surface area contributed by atoms with E-state index in [1.165, 1.54) is 0 Å². The summed E-state index contributed by atoms with van der Waals surface area (Å²) in [5, 5.41) is 9.64. The third-order valence-electron chi connectivity index (χ3n) is 4.74. The standard InChI is InChI=1S/C25H22N2O3/c1-3-30-22-13-7-18(8-14-22)16-23-25(29)27(20-9-11-21(28)12-10-20)24(26-23)19-6-4-5-17(2)15-19/h4-16,28H,3H2,1-2H3/b23-16+. The molecule has 1 amide bonds. The molecule has 0 fully saturated rings. The number of amides is 1. The summed E-state index contributed by atoms with van der Waals surface area (Å²) < 4.78 is 5.48. The molecular formula is C25H22N2O3. The Morgan fingerprint density at radius 3 is 2.43 bits per heavy atom. The van der Waals surface area contributed by atoms with Crippen molar-refractivity contribution < 1.29 is 14.6 Å². The van der Waals surface area contributed by atoms with Crippen LogP contribution in [0, 0.1) is 6.92 Å². The van der Waals surface area contributed by atoms with Crippen LogP contribution in [0.4, 0.5) is 5.69 Å². The van der Waals surface area contributed by atoms with Gasteiger partial charge < -0.3 is 9.84 Å². The lowest BCUT2D eigenvalue weighted by Gasteiger charge is -2.18. The first-order valence-electron chi connectivity index (χ1n) is 9.79. The fraction of sp³-hybridized carbons (Fsp3) is 0.120. The Labute approximate surface area is 175 Å². The van der Waals surface area contributed by atoms with Gasteiger partial charge in [-0.25, -0.2) is 4.99 Å². The summed E-state index contributed by atoms with van der Waals surface area (Å²) in [5.74, 6) is 1.27. The quantitative estimate of drug-likeness (QED) is 0.620. The van der Waals surface area contributed by atoms with Crippen LogP contribution >= 0.6 is 0 Å². The van der Waals surface area contributed by atoms with Gasteiger partial charge in [0.2, 0.25) is 0 Å². The van der Waals surface area contributed by atoms with Crippen molar-refractivity contribution in [1.29, 1.82) is 0 Å². The number of aliphatic imine (C=N–C) groups is 1. The van der Waals surface area contributed by atoms with Crippen molar-refractivity contribution in [2.75, 3.05) is 11.5 Å². The summed E-state index contributed by atoms with van der Waals surface area (Å²) >= 11 is 0. The summed E-state index contributed by atoms with van der Waals surface area (Å²) in [6.07, 6.45) is 1.77. The van der Waals surface area contributed by atoms with Gasteiger partial charge in [0.1, 0.15) is 23.0 Å². The zero-order chi connectivity index (χ0) is 21.1. The van der Waals surface area contributed by atoms with Crippen molar-refractivity contribution >= 4 is 23.5 Å². The predicted octanol–water partition coefficient (Wildman–Crippen LogP) is 4.93. The number of carbonyl (C=O) groups excluding carboxylic acids is 1. The van der Waals surface area contributed by atoms with Gasteiger partial charge in [-0.3, -0.25) is 9.69 Å². The number of anilines is 1. The van der Waals surface area contributed by atoms with Gasteiger partial charge in [0.25, 0.3) is 5.91 Å². The minimum absolute atomic E-state index is 0.143. The van der Waals surface area contributed by atoms with Crippen LogP contribution in [0.15, 0.2) is 83.5 Å². The van der Waals surface area contributed by atoms with Crippen molar-refractivity contribution in [2.24, 2.45) is 4.99 Å². The van der Waals surface area contributed by atoms with Gasteiger partial charge in [-0.2, -0.15) is 0 Å².